The first-order valence-electron chi connectivity index (χ1n) is 12.0. The van der Waals surface area contributed by atoms with Gasteiger partial charge in [-0.3, -0.25) is 14.6 Å². The van der Waals surface area contributed by atoms with Crippen molar-refractivity contribution < 1.29 is 14.3 Å². The highest BCUT2D eigenvalue weighted by atomic mass is 16.5. The van der Waals surface area contributed by atoms with Gasteiger partial charge in [-0.15, -0.1) is 0 Å². The molecule has 0 radical (unpaired) electrons. The lowest BCUT2D eigenvalue weighted by Gasteiger charge is -2.29. The molecule has 0 spiro atoms. The maximum atomic E-state index is 13.2. The number of ketones is 1. The highest BCUT2D eigenvalue weighted by molar-refractivity contribution is 6.17. The summed E-state index contributed by atoms with van der Waals surface area (Å²) in [6.07, 6.45) is 4.83. The molecule has 3 rings (SSSR count). The van der Waals surface area contributed by atoms with E-state index in [9.17, 15) is 9.59 Å². The van der Waals surface area contributed by atoms with E-state index >= 15 is 0 Å². The molecular weight excluding hydrogens is 412 g/mol. The highest BCUT2D eigenvalue weighted by Gasteiger charge is 2.28. The molecule has 1 amide bonds. The van der Waals surface area contributed by atoms with Gasteiger partial charge in [-0.2, -0.15) is 0 Å². The Kier molecular flexibility index (Phi) is 8.06. The lowest BCUT2D eigenvalue weighted by molar-refractivity contribution is -0.120. The Morgan fingerprint density at radius 1 is 1.15 bits per heavy atom. The van der Waals surface area contributed by atoms with Crippen LogP contribution in [0.25, 0.3) is 0 Å². The zero-order valence-corrected chi connectivity index (χ0v) is 20.5. The Morgan fingerprint density at radius 3 is 2.64 bits per heavy atom. The Balaban J connectivity index is 1.78. The lowest BCUT2D eigenvalue weighted by Crippen LogP contribution is -2.30. The molecule has 1 N–H and O–H groups in total. The van der Waals surface area contributed by atoms with E-state index in [1.807, 2.05) is 31.2 Å². The number of rotatable bonds is 10. The van der Waals surface area contributed by atoms with Crippen molar-refractivity contribution in [3.63, 3.8) is 0 Å². The van der Waals surface area contributed by atoms with Gasteiger partial charge in [0, 0.05) is 22.7 Å². The van der Waals surface area contributed by atoms with E-state index in [1.165, 1.54) is 5.56 Å². The molecule has 176 valence electrons. The van der Waals surface area contributed by atoms with Gasteiger partial charge in [-0.1, -0.05) is 44.9 Å². The number of amides is 1. The molecule has 1 heterocycles. The van der Waals surface area contributed by atoms with Crippen LogP contribution in [0.15, 0.2) is 47.5 Å². The number of hydrogen-bond acceptors (Lipinski definition) is 4. The van der Waals surface area contributed by atoms with Crippen LogP contribution in [0.1, 0.15) is 81.3 Å². The summed E-state index contributed by atoms with van der Waals surface area (Å²) >= 11 is 0. The number of unbranched alkanes of at least 4 members (excludes halogenated alkanes) is 1. The number of ether oxygens (including phenoxy) is 1. The fourth-order valence-electron chi connectivity index (χ4n) is 4.41. The topological polar surface area (TPSA) is 67.8 Å². The summed E-state index contributed by atoms with van der Waals surface area (Å²) in [5.41, 5.74) is 3.91. The average Bonchev–Trinajstić information content (AvgIpc) is 2.78. The molecule has 1 atom stereocenters. The first kappa shape index (κ1) is 24.7. The number of carbonyl (C=O) groups is 2. The molecule has 0 fully saturated rings. The lowest BCUT2D eigenvalue weighted by atomic mass is 9.85. The number of aliphatic imine (C=N–C) groups is 1. The quantitative estimate of drug-likeness (QED) is 0.437. The summed E-state index contributed by atoms with van der Waals surface area (Å²) in [6, 6.07) is 13.2. The second-order valence-electron chi connectivity index (χ2n) is 9.49. The smallest absolute Gasteiger partial charge is 0.227 e. The number of nitrogens with zero attached hydrogens (tertiary/aromatic N) is 1. The molecule has 2 aromatic carbocycles. The zero-order valence-electron chi connectivity index (χ0n) is 20.5. The van der Waals surface area contributed by atoms with Crippen molar-refractivity contribution in [1.82, 2.24) is 0 Å². The number of carbonyl (C=O) groups excluding carboxylic acids is 2. The third-order valence-electron chi connectivity index (χ3n) is 6.24. The van der Waals surface area contributed by atoms with Crippen molar-refractivity contribution in [3.8, 4) is 5.75 Å². The summed E-state index contributed by atoms with van der Waals surface area (Å²) in [4.78, 5) is 30.8. The molecule has 1 aliphatic rings. The van der Waals surface area contributed by atoms with Gasteiger partial charge in [0.05, 0.1) is 24.8 Å². The van der Waals surface area contributed by atoms with Gasteiger partial charge >= 0.3 is 0 Å². The summed E-state index contributed by atoms with van der Waals surface area (Å²) in [6.45, 7) is 8.35. The maximum Gasteiger partial charge on any atom is 0.227 e. The standard InChI is InChI=1S/C28H36N2O3/c1-6-8-10-19(7-2)27(32)29-22-12-9-11-20(15-22)26(31)17-25-24-16-23(33-5)14-13-21(24)18-28(3,4)30-25/h9,11-16,19H,6-8,10,17-18H2,1-5H3,(H,29,32). The van der Waals surface area contributed by atoms with Crippen LogP contribution in [0.5, 0.6) is 5.75 Å². The Morgan fingerprint density at radius 2 is 1.94 bits per heavy atom. The Hall–Kier alpha value is -2.95. The third kappa shape index (κ3) is 6.31. The number of benzene rings is 2. The highest BCUT2D eigenvalue weighted by Crippen LogP contribution is 2.31. The average molecular weight is 449 g/mol. The van der Waals surface area contributed by atoms with Crippen molar-refractivity contribution in [2.45, 2.75) is 71.8 Å². The van der Waals surface area contributed by atoms with Gasteiger partial charge in [0.1, 0.15) is 5.75 Å². The third-order valence-corrected chi connectivity index (χ3v) is 6.24. The normalized spacial score (nSPS) is 15.2. The molecule has 5 nitrogen and oxygen atoms in total. The van der Waals surface area contributed by atoms with E-state index in [4.69, 9.17) is 9.73 Å². The minimum Gasteiger partial charge on any atom is -0.497 e. The number of anilines is 1. The number of hydrogen-bond donors (Lipinski definition) is 1. The van der Waals surface area contributed by atoms with Crippen LogP contribution in [-0.2, 0) is 11.2 Å². The van der Waals surface area contributed by atoms with Crippen LogP contribution in [0.3, 0.4) is 0 Å². The summed E-state index contributed by atoms with van der Waals surface area (Å²) in [7, 11) is 1.64. The molecule has 33 heavy (non-hydrogen) atoms. The molecule has 1 aliphatic heterocycles. The van der Waals surface area contributed by atoms with E-state index in [1.54, 1.807) is 19.2 Å². The minimum absolute atomic E-state index is 0.00499. The molecular formula is C28H36N2O3. The number of methoxy groups -OCH3 is 1. The van der Waals surface area contributed by atoms with Crippen molar-refractivity contribution in [2.24, 2.45) is 10.9 Å². The summed E-state index contributed by atoms with van der Waals surface area (Å²) in [5, 5.41) is 3.01. The van der Waals surface area contributed by atoms with Gasteiger partial charge in [0.15, 0.2) is 5.78 Å². The molecule has 0 bridgehead atoms. The monoisotopic (exact) mass is 448 g/mol. The van der Waals surface area contributed by atoms with Crippen molar-refractivity contribution in [3.05, 3.63) is 59.2 Å². The van der Waals surface area contributed by atoms with E-state index in [0.717, 1.165) is 49.1 Å². The number of fused-ring (bicyclic) bond motifs is 1. The molecule has 5 heteroatoms. The first-order chi connectivity index (χ1) is 15.8. The van der Waals surface area contributed by atoms with Gasteiger partial charge in [-0.05, 0) is 62.9 Å². The molecule has 0 saturated carbocycles. The van der Waals surface area contributed by atoms with Gasteiger partial charge < -0.3 is 10.1 Å². The largest absolute Gasteiger partial charge is 0.497 e. The molecule has 0 aliphatic carbocycles. The zero-order chi connectivity index (χ0) is 24.0. The van der Waals surface area contributed by atoms with Crippen LogP contribution in [0.2, 0.25) is 0 Å². The molecule has 1 unspecified atom stereocenters. The number of Topliss-reactive ketones (excluding diaryl/α,β-unsaturated/α-hetero) is 1. The summed E-state index contributed by atoms with van der Waals surface area (Å²) < 4.78 is 5.40. The van der Waals surface area contributed by atoms with E-state index in [2.05, 4.69) is 32.2 Å². The van der Waals surface area contributed by atoms with Crippen LogP contribution >= 0.6 is 0 Å². The summed E-state index contributed by atoms with van der Waals surface area (Å²) in [5.74, 6) is 0.755. The van der Waals surface area contributed by atoms with Crippen molar-refractivity contribution in [1.29, 1.82) is 0 Å². The van der Waals surface area contributed by atoms with E-state index in [-0.39, 0.29) is 29.6 Å². The van der Waals surface area contributed by atoms with E-state index < -0.39 is 0 Å². The van der Waals surface area contributed by atoms with Crippen molar-refractivity contribution in [2.75, 3.05) is 12.4 Å². The second-order valence-corrected chi connectivity index (χ2v) is 9.49. The minimum atomic E-state index is -0.263. The number of nitrogens with one attached hydrogen (secondary N) is 1. The predicted octanol–water partition coefficient (Wildman–Crippen LogP) is 6.25. The van der Waals surface area contributed by atoms with Crippen molar-refractivity contribution >= 4 is 23.1 Å². The Labute approximate surface area is 197 Å². The molecule has 0 aromatic heterocycles. The molecule has 2 aromatic rings. The first-order valence-corrected chi connectivity index (χ1v) is 12.0. The van der Waals surface area contributed by atoms with Crippen LogP contribution in [-0.4, -0.2) is 30.1 Å². The van der Waals surface area contributed by atoms with Crippen LogP contribution in [0.4, 0.5) is 5.69 Å². The molecule has 0 saturated heterocycles. The van der Waals surface area contributed by atoms with Gasteiger partial charge in [-0.25, -0.2) is 0 Å². The van der Waals surface area contributed by atoms with Crippen LogP contribution in [0, 0.1) is 5.92 Å². The fraction of sp³-hybridized carbons (Fsp3) is 0.464. The predicted molar refractivity (Wildman–Crippen MR) is 135 cm³/mol. The maximum absolute atomic E-state index is 13.2. The van der Waals surface area contributed by atoms with Gasteiger partial charge in [0.2, 0.25) is 5.91 Å². The van der Waals surface area contributed by atoms with Gasteiger partial charge in [0.25, 0.3) is 0 Å². The second kappa shape index (κ2) is 10.8. The fourth-order valence-corrected chi connectivity index (χ4v) is 4.41. The SMILES string of the molecule is CCCCC(CC)C(=O)Nc1cccc(C(=O)CC2=NC(C)(C)Cc3ccc(OC)cc32)c1. The Bertz CT molecular complexity index is 1040. The van der Waals surface area contributed by atoms with E-state index in [0.29, 0.717) is 11.3 Å². The van der Waals surface area contributed by atoms with Crippen LogP contribution < -0.4 is 10.1 Å².